The van der Waals surface area contributed by atoms with Crippen LogP contribution < -0.4 is 19.6 Å². The molecule has 0 unspecified atom stereocenters. The zero-order valence-electron chi connectivity index (χ0n) is 20.9. The molecule has 4 aromatic rings. The molecule has 0 saturated carbocycles. The number of esters is 1. The summed E-state index contributed by atoms with van der Waals surface area (Å²) >= 11 is 4.76. The first kappa shape index (κ1) is 25.9. The van der Waals surface area contributed by atoms with Gasteiger partial charge in [0, 0.05) is 4.47 Å². The van der Waals surface area contributed by atoms with Crippen LogP contribution in [0.25, 0.3) is 6.08 Å². The number of allylic oxidation sites excluding steroid dienone is 1. The van der Waals surface area contributed by atoms with E-state index in [9.17, 15) is 9.59 Å². The van der Waals surface area contributed by atoms with Crippen molar-refractivity contribution >= 4 is 39.3 Å². The van der Waals surface area contributed by atoms with E-state index in [1.165, 1.54) is 11.3 Å². The summed E-state index contributed by atoms with van der Waals surface area (Å²) in [6.07, 6.45) is 1.84. The van der Waals surface area contributed by atoms with Gasteiger partial charge in [-0.1, -0.05) is 81.9 Å². The number of carbonyl (C=O) groups is 1. The molecular formula is C30H25BrN2O4S. The Balaban J connectivity index is 1.51. The van der Waals surface area contributed by atoms with Crippen LogP contribution in [0.4, 0.5) is 0 Å². The molecule has 0 aliphatic carbocycles. The molecule has 1 aromatic heterocycles. The number of fused-ring (bicyclic) bond motifs is 1. The van der Waals surface area contributed by atoms with Crippen LogP contribution in [0.3, 0.4) is 0 Å². The molecule has 38 heavy (non-hydrogen) atoms. The van der Waals surface area contributed by atoms with Gasteiger partial charge in [-0.15, -0.1) is 0 Å². The highest BCUT2D eigenvalue weighted by molar-refractivity contribution is 9.10. The standard InChI is InChI=1S/C30H25BrN2O4S/c1-3-36-29(35)26-19(2)32-30-33(27(26)22-11-13-23(31)14-12-22)28(34)25(38-30)17-20-9-15-24(16-10-20)37-18-21-7-5-4-6-8-21/h4-17,27H,3,18H2,1-2H3/b25-17-/t27-/m0/s1. The summed E-state index contributed by atoms with van der Waals surface area (Å²) < 4.78 is 14.3. The maximum absolute atomic E-state index is 13.7. The SMILES string of the molecule is CCOC(=O)C1=C(C)N=c2s/c(=C\c3ccc(OCc4ccccc4)cc3)c(=O)n2[C@H]1c1ccc(Br)cc1. The van der Waals surface area contributed by atoms with Gasteiger partial charge in [0.1, 0.15) is 12.4 Å². The Morgan fingerprint density at radius 1 is 1.05 bits per heavy atom. The molecule has 6 nitrogen and oxygen atoms in total. The van der Waals surface area contributed by atoms with Crippen molar-refractivity contribution in [3.05, 3.63) is 131 Å². The number of nitrogens with zero attached hydrogens (tertiary/aromatic N) is 2. The second-order valence-corrected chi connectivity index (χ2v) is 10.6. The lowest BCUT2D eigenvalue weighted by molar-refractivity contribution is -0.139. The molecule has 3 aromatic carbocycles. The van der Waals surface area contributed by atoms with Crippen molar-refractivity contribution in [2.75, 3.05) is 6.61 Å². The number of rotatable bonds is 7. The van der Waals surface area contributed by atoms with E-state index in [1.54, 1.807) is 18.4 Å². The van der Waals surface area contributed by atoms with Gasteiger partial charge in [0.2, 0.25) is 0 Å². The number of ether oxygens (including phenoxy) is 2. The van der Waals surface area contributed by atoms with E-state index in [0.29, 0.717) is 27.2 Å². The molecule has 8 heteroatoms. The van der Waals surface area contributed by atoms with E-state index in [4.69, 9.17) is 9.47 Å². The van der Waals surface area contributed by atoms with Gasteiger partial charge in [-0.25, -0.2) is 9.79 Å². The number of hydrogen-bond acceptors (Lipinski definition) is 6. The van der Waals surface area contributed by atoms with E-state index in [0.717, 1.165) is 26.9 Å². The number of benzene rings is 3. The molecule has 0 bridgehead atoms. The predicted octanol–water partition coefficient (Wildman–Crippen LogP) is 5.14. The van der Waals surface area contributed by atoms with Gasteiger partial charge in [0.05, 0.1) is 28.5 Å². The minimum Gasteiger partial charge on any atom is -0.489 e. The minimum absolute atomic E-state index is 0.208. The third kappa shape index (κ3) is 5.42. The Hall–Kier alpha value is -3.75. The largest absolute Gasteiger partial charge is 0.489 e. The van der Waals surface area contributed by atoms with Crippen LogP contribution in [0.15, 0.2) is 104 Å². The molecule has 1 aliphatic rings. The van der Waals surface area contributed by atoms with Gasteiger partial charge in [-0.2, -0.15) is 0 Å². The molecule has 192 valence electrons. The van der Waals surface area contributed by atoms with Crippen molar-refractivity contribution < 1.29 is 14.3 Å². The molecular weight excluding hydrogens is 564 g/mol. The summed E-state index contributed by atoms with van der Waals surface area (Å²) in [5, 5.41) is 0. The Labute approximate surface area is 232 Å². The van der Waals surface area contributed by atoms with E-state index in [1.807, 2.05) is 84.9 Å². The van der Waals surface area contributed by atoms with Crippen LogP contribution in [-0.4, -0.2) is 17.1 Å². The molecule has 0 saturated heterocycles. The molecule has 0 fully saturated rings. The maximum atomic E-state index is 13.7. The lowest BCUT2D eigenvalue weighted by Crippen LogP contribution is -2.39. The summed E-state index contributed by atoms with van der Waals surface area (Å²) in [7, 11) is 0. The zero-order chi connectivity index (χ0) is 26.6. The third-order valence-corrected chi connectivity index (χ3v) is 7.64. The van der Waals surface area contributed by atoms with Gasteiger partial charge in [0.15, 0.2) is 4.80 Å². The topological polar surface area (TPSA) is 69.9 Å². The average Bonchev–Trinajstić information content (AvgIpc) is 3.22. The monoisotopic (exact) mass is 588 g/mol. The second kappa shape index (κ2) is 11.3. The van der Waals surface area contributed by atoms with E-state index in [2.05, 4.69) is 20.9 Å². The predicted molar refractivity (Wildman–Crippen MR) is 152 cm³/mol. The van der Waals surface area contributed by atoms with Crippen molar-refractivity contribution in [3.8, 4) is 5.75 Å². The molecule has 0 radical (unpaired) electrons. The number of carbonyl (C=O) groups excluding carboxylic acids is 1. The fourth-order valence-corrected chi connectivity index (χ4v) is 5.62. The Morgan fingerprint density at radius 2 is 1.76 bits per heavy atom. The smallest absolute Gasteiger partial charge is 0.338 e. The van der Waals surface area contributed by atoms with Crippen LogP contribution >= 0.6 is 27.3 Å². The molecule has 0 amide bonds. The van der Waals surface area contributed by atoms with Crippen molar-refractivity contribution in [3.63, 3.8) is 0 Å². The summed E-state index contributed by atoms with van der Waals surface area (Å²) in [5.74, 6) is 0.277. The van der Waals surface area contributed by atoms with Crippen LogP contribution in [0.1, 0.15) is 36.6 Å². The van der Waals surface area contributed by atoms with Gasteiger partial charge in [-0.3, -0.25) is 9.36 Å². The molecule has 5 rings (SSSR count). The van der Waals surface area contributed by atoms with Crippen molar-refractivity contribution in [2.24, 2.45) is 4.99 Å². The van der Waals surface area contributed by atoms with Gasteiger partial charge >= 0.3 is 5.97 Å². The van der Waals surface area contributed by atoms with Crippen molar-refractivity contribution in [1.82, 2.24) is 4.57 Å². The van der Waals surface area contributed by atoms with Gasteiger partial charge in [0.25, 0.3) is 5.56 Å². The third-order valence-electron chi connectivity index (χ3n) is 6.13. The number of thiazole rings is 1. The molecule has 0 spiro atoms. The van der Waals surface area contributed by atoms with Crippen LogP contribution in [0, 0.1) is 0 Å². The highest BCUT2D eigenvalue weighted by Crippen LogP contribution is 2.31. The molecule has 1 aliphatic heterocycles. The highest BCUT2D eigenvalue weighted by Gasteiger charge is 2.33. The number of aromatic nitrogens is 1. The minimum atomic E-state index is -0.630. The molecule has 0 N–H and O–H groups in total. The first-order chi connectivity index (χ1) is 18.4. The Morgan fingerprint density at radius 3 is 2.45 bits per heavy atom. The zero-order valence-corrected chi connectivity index (χ0v) is 23.3. The summed E-state index contributed by atoms with van der Waals surface area (Å²) in [6.45, 7) is 4.26. The fraction of sp³-hybridized carbons (Fsp3) is 0.167. The van der Waals surface area contributed by atoms with E-state index >= 15 is 0 Å². The van der Waals surface area contributed by atoms with Crippen LogP contribution in [0.5, 0.6) is 5.75 Å². The van der Waals surface area contributed by atoms with Crippen molar-refractivity contribution in [1.29, 1.82) is 0 Å². The van der Waals surface area contributed by atoms with Crippen LogP contribution in [-0.2, 0) is 16.1 Å². The van der Waals surface area contributed by atoms with E-state index in [-0.39, 0.29) is 12.2 Å². The van der Waals surface area contributed by atoms with Crippen LogP contribution in [0.2, 0.25) is 0 Å². The normalized spacial score (nSPS) is 15.1. The molecule has 2 heterocycles. The Kier molecular flexibility index (Phi) is 7.72. The first-order valence-electron chi connectivity index (χ1n) is 12.2. The highest BCUT2D eigenvalue weighted by atomic mass is 79.9. The first-order valence-corrected chi connectivity index (χ1v) is 13.8. The van der Waals surface area contributed by atoms with Gasteiger partial charge in [-0.05, 0) is 60.9 Å². The molecule has 1 atom stereocenters. The summed E-state index contributed by atoms with van der Waals surface area (Å²) in [5.41, 5.74) is 3.47. The maximum Gasteiger partial charge on any atom is 0.338 e. The average molecular weight is 590 g/mol. The lowest BCUT2D eigenvalue weighted by Gasteiger charge is -2.24. The fourth-order valence-electron chi connectivity index (χ4n) is 4.30. The van der Waals surface area contributed by atoms with Crippen molar-refractivity contribution in [2.45, 2.75) is 26.5 Å². The van der Waals surface area contributed by atoms with E-state index < -0.39 is 12.0 Å². The summed E-state index contributed by atoms with van der Waals surface area (Å²) in [4.78, 5) is 31.8. The lowest BCUT2D eigenvalue weighted by atomic mass is 9.96. The summed E-state index contributed by atoms with van der Waals surface area (Å²) in [6, 6.07) is 24.5. The number of halogens is 1. The second-order valence-electron chi connectivity index (χ2n) is 8.70. The number of hydrogen-bond donors (Lipinski definition) is 0. The van der Waals surface area contributed by atoms with Gasteiger partial charge < -0.3 is 9.47 Å². The quantitative estimate of drug-likeness (QED) is 0.280. The Bertz CT molecular complexity index is 1670.